The first-order valence-electron chi connectivity index (χ1n) is 8.39. The molecule has 0 atom stereocenters. The van der Waals surface area contributed by atoms with Gasteiger partial charge in [0.25, 0.3) is 0 Å². The van der Waals surface area contributed by atoms with Gasteiger partial charge in [0.2, 0.25) is 0 Å². The summed E-state index contributed by atoms with van der Waals surface area (Å²) in [5, 5.41) is 13.2. The number of H-pyrrole nitrogens is 1. The SMILES string of the molecule is Clc1ccc(OCc2ccc(-c3nc4c5cn[nH]c5ncn4n3)cc2)c(Cl)c1. The van der Waals surface area contributed by atoms with Gasteiger partial charge in [0.15, 0.2) is 17.1 Å². The van der Waals surface area contributed by atoms with Gasteiger partial charge < -0.3 is 4.74 Å². The van der Waals surface area contributed by atoms with Gasteiger partial charge in [-0.25, -0.2) is 14.5 Å². The average Bonchev–Trinajstić information content (AvgIpc) is 3.34. The van der Waals surface area contributed by atoms with Crippen molar-refractivity contribution in [2.45, 2.75) is 6.61 Å². The molecule has 9 heteroatoms. The van der Waals surface area contributed by atoms with Crippen LogP contribution in [0, 0.1) is 0 Å². The molecule has 0 unspecified atom stereocenters. The van der Waals surface area contributed by atoms with Gasteiger partial charge in [-0.3, -0.25) is 5.10 Å². The Labute approximate surface area is 168 Å². The van der Waals surface area contributed by atoms with E-state index in [1.807, 2.05) is 24.3 Å². The van der Waals surface area contributed by atoms with E-state index in [9.17, 15) is 0 Å². The van der Waals surface area contributed by atoms with E-state index in [0.717, 1.165) is 16.5 Å². The van der Waals surface area contributed by atoms with E-state index in [-0.39, 0.29) is 0 Å². The standard InChI is InChI=1S/C19H12Cl2N6O/c20-13-5-6-16(15(21)7-13)28-9-11-1-3-12(4-2-11)17-24-19-14-8-23-25-18(14)22-10-27(19)26-17/h1-8,10H,9H2,(H,23,25). The van der Waals surface area contributed by atoms with Crippen LogP contribution in [0.25, 0.3) is 28.1 Å². The molecule has 3 aromatic heterocycles. The summed E-state index contributed by atoms with van der Waals surface area (Å²) in [4.78, 5) is 8.88. The van der Waals surface area contributed by atoms with Gasteiger partial charge in [-0.05, 0) is 23.8 Å². The van der Waals surface area contributed by atoms with Crippen molar-refractivity contribution in [1.29, 1.82) is 0 Å². The highest BCUT2D eigenvalue weighted by Crippen LogP contribution is 2.28. The van der Waals surface area contributed by atoms with Crippen molar-refractivity contribution >= 4 is 39.9 Å². The lowest BCUT2D eigenvalue weighted by atomic mass is 10.1. The molecule has 0 amide bonds. The zero-order valence-corrected chi connectivity index (χ0v) is 15.8. The Morgan fingerprint density at radius 3 is 2.75 bits per heavy atom. The monoisotopic (exact) mass is 410 g/mol. The van der Waals surface area contributed by atoms with E-state index < -0.39 is 0 Å². The summed E-state index contributed by atoms with van der Waals surface area (Å²) in [7, 11) is 0. The van der Waals surface area contributed by atoms with Crippen LogP contribution in [0.3, 0.4) is 0 Å². The van der Waals surface area contributed by atoms with E-state index in [0.29, 0.717) is 39.5 Å². The number of nitrogens with one attached hydrogen (secondary N) is 1. The molecular weight excluding hydrogens is 399 g/mol. The number of nitrogens with zero attached hydrogens (tertiary/aromatic N) is 5. The Hall–Kier alpha value is -3.16. The number of hydrogen-bond acceptors (Lipinski definition) is 5. The van der Waals surface area contributed by atoms with E-state index in [1.165, 1.54) is 0 Å². The van der Waals surface area contributed by atoms with Crippen LogP contribution in [-0.4, -0.2) is 29.8 Å². The number of aromatic amines is 1. The van der Waals surface area contributed by atoms with Gasteiger partial charge in [0.1, 0.15) is 18.7 Å². The van der Waals surface area contributed by atoms with Crippen LogP contribution in [0.4, 0.5) is 0 Å². The van der Waals surface area contributed by atoms with Crippen molar-refractivity contribution in [3.8, 4) is 17.1 Å². The smallest absolute Gasteiger partial charge is 0.182 e. The Balaban J connectivity index is 1.38. The van der Waals surface area contributed by atoms with Gasteiger partial charge >= 0.3 is 0 Å². The van der Waals surface area contributed by atoms with Gasteiger partial charge in [0, 0.05) is 10.6 Å². The van der Waals surface area contributed by atoms with Gasteiger partial charge in [-0.1, -0.05) is 47.5 Å². The summed E-state index contributed by atoms with van der Waals surface area (Å²) in [6, 6.07) is 13.0. The molecule has 2 aromatic carbocycles. The molecule has 0 fully saturated rings. The number of fused-ring (bicyclic) bond motifs is 3. The summed E-state index contributed by atoms with van der Waals surface area (Å²) >= 11 is 12.0. The third kappa shape index (κ3) is 3.04. The maximum absolute atomic E-state index is 6.13. The minimum Gasteiger partial charge on any atom is -0.487 e. The quantitative estimate of drug-likeness (QED) is 0.469. The fourth-order valence-corrected chi connectivity index (χ4v) is 3.33. The van der Waals surface area contributed by atoms with E-state index in [4.69, 9.17) is 27.9 Å². The molecule has 28 heavy (non-hydrogen) atoms. The van der Waals surface area contributed by atoms with Crippen LogP contribution in [0.1, 0.15) is 5.56 Å². The van der Waals surface area contributed by atoms with Gasteiger partial charge in [-0.2, -0.15) is 5.10 Å². The van der Waals surface area contributed by atoms with E-state index >= 15 is 0 Å². The van der Waals surface area contributed by atoms with Crippen molar-refractivity contribution in [2.24, 2.45) is 0 Å². The van der Waals surface area contributed by atoms with Crippen LogP contribution in [0.2, 0.25) is 10.0 Å². The molecule has 0 aliphatic heterocycles. The van der Waals surface area contributed by atoms with E-state index in [1.54, 1.807) is 35.2 Å². The van der Waals surface area contributed by atoms with Gasteiger partial charge in [0.05, 0.1) is 16.6 Å². The second-order valence-electron chi connectivity index (χ2n) is 6.14. The molecular formula is C19H12Cl2N6O. The first-order valence-corrected chi connectivity index (χ1v) is 9.14. The zero-order valence-electron chi connectivity index (χ0n) is 14.3. The summed E-state index contributed by atoms with van der Waals surface area (Å²) in [6.07, 6.45) is 3.31. The third-order valence-electron chi connectivity index (χ3n) is 4.29. The topological polar surface area (TPSA) is 81.0 Å². The molecule has 0 saturated heterocycles. The minimum atomic E-state index is 0.389. The average molecular weight is 411 g/mol. The Bertz CT molecular complexity index is 1300. The maximum Gasteiger partial charge on any atom is 0.182 e. The lowest BCUT2D eigenvalue weighted by molar-refractivity contribution is 0.306. The molecule has 0 saturated carbocycles. The first kappa shape index (κ1) is 17.0. The molecule has 3 heterocycles. The Morgan fingerprint density at radius 1 is 1.07 bits per heavy atom. The fraction of sp³-hybridized carbons (Fsp3) is 0.0526. The molecule has 0 radical (unpaired) electrons. The summed E-state index contributed by atoms with van der Waals surface area (Å²) in [5.41, 5.74) is 3.28. The molecule has 0 aliphatic carbocycles. The maximum atomic E-state index is 6.13. The molecule has 5 rings (SSSR count). The fourth-order valence-electron chi connectivity index (χ4n) is 2.87. The van der Waals surface area contributed by atoms with Crippen LogP contribution >= 0.6 is 23.2 Å². The molecule has 0 bridgehead atoms. The summed E-state index contributed by atoms with van der Waals surface area (Å²) < 4.78 is 7.41. The Kier molecular flexibility index (Phi) is 4.11. The largest absolute Gasteiger partial charge is 0.487 e. The minimum absolute atomic E-state index is 0.389. The number of benzene rings is 2. The normalized spacial score (nSPS) is 11.4. The highest BCUT2D eigenvalue weighted by atomic mass is 35.5. The second-order valence-corrected chi connectivity index (χ2v) is 6.98. The summed E-state index contributed by atoms with van der Waals surface area (Å²) in [6.45, 7) is 0.389. The number of aromatic nitrogens is 6. The molecule has 138 valence electrons. The first-order chi connectivity index (χ1) is 13.7. The van der Waals surface area contributed by atoms with Crippen LogP contribution in [0.5, 0.6) is 5.75 Å². The van der Waals surface area contributed by atoms with Crippen LogP contribution < -0.4 is 4.74 Å². The van der Waals surface area contributed by atoms with Crippen molar-refractivity contribution in [2.75, 3.05) is 0 Å². The number of halogens is 2. The van der Waals surface area contributed by atoms with Crippen molar-refractivity contribution in [1.82, 2.24) is 29.8 Å². The van der Waals surface area contributed by atoms with Crippen LogP contribution in [0.15, 0.2) is 55.0 Å². The third-order valence-corrected chi connectivity index (χ3v) is 4.82. The lowest BCUT2D eigenvalue weighted by Gasteiger charge is -2.08. The predicted molar refractivity (Wildman–Crippen MR) is 107 cm³/mol. The molecule has 5 aromatic rings. The number of hydrogen-bond donors (Lipinski definition) is 1. The summed E-state index contributed by atoms with van der Waals surface area (Å²) in [5.74, 6) is 1.21. The van der Waals surface area contributed by atoms with Crippen molar-refractivity contribution in [3.05, 3.63) is 70.6 Å². The molecule has 1 N–H and O–H groups in total. The molecule has 7 nitrogen and oxygen atoms in total. The zero-order chi connectivity index (χ0) is 19.1. The van der Waals surface area contributed by atoms with Crippen molar-refractivity contribution in [3.63, 3.8) is 0 Å². The van der Waals surface area contributed by atoms with Crippen molar-refractivity contribution < 1.29 is 4.74 Å². The number of ether oxygens (including phenoxy) is 1. The second kappa shape index (κ2) is 6.78. The predicted octanol–water partition coefficient (Wildman–Crippen LogP) is 4.55. The molecule has 0 aliphatic rings. The Morgan fingerprint density at radius 2 is 1.93 bits per heavy atom. The highest BCUT2D eigenvalue weighted by molar-refractivity contribution is 6.35. The lowest BCUT2D eigenvalue weighted by Crippen LogP contribution is -1.96. The number of rotatable bonds is 4. The van der Waals surface area contributed by atoms with Gasteiger partial charge in [-0.15, -0.1) is 5.10 Å². The van der Waals surface area contributed by atoms with E-state index in [2.05, 4.69) is 25.3 Å². The highest BCUT2D eigenvalue weighted by Gasteiger charge is 2.11. The molecule has 0 spiro atoms. The van der Waals surface area contributed by atoms with Crippen LogP contribution in [-0.2, 0) is 6.61 Å².